The Morgan fingerprint density at radius 1 is 1.30 bits per heavy atom. The Bertz CT molecular complexity index is 425. The van der Waals surface area contributed by atoms with Gasteiger partial charge in [0, 0.05) is 23.9 Å². The average Bonchev–Trinajstić information content (AvgIpc) is 2.45. The lowest BCUT2D eigenvalue weighted by Crippen LogP contribution is -2.39. The molecule has 2 aliphatic carbocycles. The molecule has 2 nitrogen and oxygen atoms in total. The molecule has 2 atom stereocenters. The summed E-state index contributed by atoms with van der Waals surface area (Å²) in [4.78, 5) is 4.74. The predicted molar refractivity (Wildman–Crippen MR) is 84.0 cm³/mol. The molecule has 1 heterocycles. The number of fused-ring (bicyclic) bond motifs is 1. The molecule has 2 aliphatic rings. The molecule has 1 N–H and O–H groups in total. The topological polar surface area (TPSA) is 24.9 Å². The molecular weight excluding hydrogens is 244 g/mol. The van der Waals surface area contributed by atoms with Crippen LogP contribution in [0.15, 0.2) is 18.3 Å². The van der Waals surface area contributed by atoms with Gasteiger partial charge in [-0.1, -0.05) is 32.3 Å². The van der Waals surface area contributed by atoms with Gasteiger partial charge in [0.15, 0.2) is 0 Å². The predicted octanol–water partition coefficient (Wildman–Crippen LogP) is 4.06. The van der Waals surface area contributed by atoms with Crippen molar-refractivity contribution in [3.8, 4) is 0 Å². The smallest absolute Gasteiger partial charge is 0.0481 e. The van der Waals surface area contributed by atoms with E-state index in [9.17, 15) is 0 Å². The quantitative estimate of drug-likeness (QED) is 0.844. The summed E-state index contributed by atoms with van der Waals surface area (Å²) >= 11 is 0. The van der Waals surface area contributed by atoms with Gasteiger partial charge < -0.3 is 5.32 Å². The lowest BCUT2D eigenvalue weighted by Gasteiger charge is -2.36. The summed E-state index contributed by atoms with van der Waals surface area (Å²) in [5, 5.41) is 3.84. The Morgan fingerprint density at radius 2 is 2.20 bits per heavy atom. The Labute approximate surface area is 123 Å². The number of hydrogen-bond donors (Lipinski definition) is 1. The molecule has 0 radical (unpaired) electrons. The van der Waals surface area contributed by atoms with Crippen molar-refractivity contribution in [2.45, 2.75) is 70.3 Å². The van der Waals surface area contributed by atoms with E-state index in [0.29, 0.717) is 12.0 Å². The normalized spacial score (nSPS) is 23.9. The van der Waals surface area contributed by atoms with Gasteiger partial charge in [0.25, 0.3) is 0 Å². The van der Waals surface area contributed by atoms with E-state index in [1.54, 1.807) is 0 Å². The number of pyridine rings is 1. The highest BCUT2D eigenvalue weighted by molar-refractivity contribution is 5.27. The molecule has 0 aliphatic heterocycles. The standard InChI is InChI=1S/C18H28N2/c1-2-11-19-17(13-14-6-3-7-14)16-10-4-8-15-9-5-12-20-18(15)16/h5,9,12,14,16-17,19H,2-4,6-8,10-11,13H2,1H3. The Morgan fingerprint density at radius 3 is 2.95 bits per heavy atom. The second-order valence-electron chi connectivity index (χ2n) is 6.64. The van der Waals surface area contributed by atoms with Crippen LogP contribution < -0.4 is 5.32 Å². The van der Waals surface area contributed by atoms with E-state index in [4.69, 9.17) is 4.98 Å². The molecule has 0 aromatic carbocycles. The van der Waals surface area contributed by atoms with E-state index in [-0.39, 0.29) is 0 Å². The zero-order valence-electron chi connectivity index (χ0n) is 12.8. The van der Waals surface area contributed by atoms with Crippen LogP contribution >= 0.6 is 0 Å². The minimum atomic E-state index is 0.645. The lowest BCUT2D eigenvalue weighted by molar-refractivity contribution is 0.235. The molecule has 1 aromatic rings. The summed E-state index contributed by atoms with van der Waals surface area (Å²) in [6.07, 6.45) is 12.8. The molecule has 2 heteroatoms. The van der Waals surface area contributed by atoms with Gasteiger partial charge in [-0.05, 0) is 56.2 Å². The molecule has 0 bridgehead atoms. The van der Waals surface area contributed by atoms with Gasteiger partial charge in [-0.25, -0.2) is 0 Å². The van der Waals surface area contributed by atoms with Crippen LogP contribution in [0, 0.1) is 5.92 Å². The lowest BCUT2D eigenvalue weighted by atomic mass is 9.74. The molecule has 3 rings (SSSR count). The molecule has 1 fully saturated rings. The van der Waals surface area contributed by atoms with Gasteiger partial charge in [0.05, 0.1) is 0 Å². The first kappa shape index (κ1) is 14.1. The molecule has 0 spiro atoms. The molecule has 1 aromatic heterocycles. The van der Waals surface area contributed by atoms with Crippen molar-refractivity contribution in [2.75, 3.05) is 6.54 Å². The monoisotopic (exact) mass is 272 g/mol. The Kier molecular flexibility index (Phi) is 4.72. The van der Waals surface area contributed by atoms with Crippen LogP contribution in [0.5, 0.6) is 0 Å². The van der Waals surface area contributed by atoms with Crippen molar-refractivity contribution in [1.82, 2.24) is 10.3 Å². The third kappa shape index (κ3) is 3.06. The Balaban J connectivity index is 1.75. The summed E-state index contributed by atoms with van der Waals surface area (Å²) in [5.74, 6) is 1.62. The maximum atomic E-state index is 4.74. The first-order valence-corrected chi connectivity index (χ1v) is 8.55. The van der Waals surface area contributed by atoms with Crippen molar-refractivity contribution in [1.29, 1.82) is 0 Å². The van der Waals surface area contributed by atoms with Crippen molar-refractivity contribution >= 4 is 0 Å². The second kappa shape index (κ2) is 6.71. The fraction of sp³-hybridized carbons (Fsp3) is 0.722. The zero-order valence-corrected chi connectivity index (χ0v) is 12.8. The van der Waals surface area contributed by atoms with E-state index < -0.39 is 0 Å². The highest BCUT2D eigenvalue weighted by Gasteiger charge is 2.31. The molecule has 20 heavy (non-hydrogen) atoms. The largest absolute Gasteiger partial charge is 0.313 e. The van der Waals surface area contributed by atoms with E-state index in [2.05, 4.69) is 24.4 Å². The minimum absolute atomic E-state index is 0.645. The van der Waals surface area contributed by atoms with Crippen LogP contribution in [0.4, 0.5) is 0 Å². The van der Waals surface area contributed by atoms with Crippen LogP contribution in [0.1, 0.15) is 69.0 Å². The highest BCUT2D eigenvalue weighted by Crippen LogP contribution is 2.38. The van der Waals surface area contributed by atoms with Crippen molar-refractivity contribution in [3.63, 3.8) is 0 Å². The Hall–Kier alpha value is -0.890. The SMILES string of the molecule is CCCNC(CC1CCC1)C1CCCc2cccnc21. The molecule has 2 unspecified atom stereocenters. The summed E-state index contributed by atoms with van der Waals surface area (Å²) in [6.45, 7) is 3.41. The fourth-order valence-corrected chi connectivity index (χ4v) is 3.84. The maximum Gasteiger partial charge on any atom is 0.0481 e. The minimum Gasteiger partial charge on any atom is -0.313 e. The molecule has 0 amide bonds. The summed E-state index contributed by atoms with van der Waals surface area (Å²) in [7, 11) is 0. The van der Waals surface area contributed by atoms with Crippen LogP contribution in [0.2, 0.25) is 0 Å². The first-order valence-electron chi connectivity index (χ1n) is 8.55. The molecule has 1 saturated carbocycles. The number of aromatic nitrogens is 1. The van der Waals surface area contributed by atoms with Gasteiger partial charge in [0.2, 0.25) is 0 Å². The molecular formula is C18H28N2. The van der Waals surface area contributed by atoms with Crippen LogP contribution in [-0.2, 0) is 6.42 Å². The number of aryl methyl sites for hydroxylation is 1. The summed E-state index contributed by atoms with van der Waals surface area (Å²) in [5.41, 5.74) is 2.90. The number of nitrogens with one attached hydrogen (secondary N) is 1. The van der Waals surface area contributed by atoms with Gasteiger partial charge >= 0.3 is 0 Å². The third-order valence-corrected chi connectivity index (χ3v) is 5.19. The first-order chi connectivity index (χ1) is 9.88. The van der Waals surface area contributed by atoms with Gasteiger partial charge in [-0.3, -0.25) is 4.98 Å². The fourth-order valence-electron chi connectivity index (χ4n) is 3.84. The van der Waals surface area contributed by atoms with Crippen LogP contribution in [0.3, 0.4) is 0 Å². The number of nitrogens with zero attached hydrogens (tertiary/aromatic N) is 1. The second-order valence-corrected chi connectivity index (χ2v) is 6.64. The van der Waals surface area contributed by atoms with Crippen LogP contribution in [-0.4, -0.2) is 17.6 Å². The zero-order chi connectivity index (χ0) is 13.8. The average molecular weight is 272 g/mol. The number of rotatable bonds is 6. The van der Waals surface area contributed by atoms with Gasteiger partial charge in [-0.2, -0.15) is 0 Å². The van der Waals surface area contributed by atoms with Crippen molar-refractivity contribution < 1.29 is 0 Å². The van der Waals surface area contributed by atoms with Crippen molar-refractivity contribution in [2.24, 2.45) is 5.92 Å². The van der Waals surface area contributed by atoms with Crippen LogP contribution in [0.25, 0.3) is 0 Å². The molecule has 110 valence electrons. The van der Waals surface area contributed by atoms with Gasteiger partial charge in [-0.15, -0.1) is 0 Å². The van der Waals surface area contributed by atoms with Gasteiger partial charge in [0.1, 0.15) is 0 Å². The molecule has 0 saturated heterocycles. The summed E-state index contributed by atoms with van der Waals surface area (Å²) < 4.78 is 0. The van der Waals surface area contributed by atoms with E-state index >= 15 is 0 Å². The van der Waals surface area contributed by atoms with E-state index in [1.165, 1.54) is 62.6 Å². The van der Waals surface area contributed by atoms with Crippen molar-refractivity contribution in [3.05, 3.63) is 29.6 Å². The number of hydrogen-bond acceptors (Lipinski definition) is 2. The third-order valence-electron chi connectivity index (χ3n) is 5.19. The van der Waals surface area contributed by atoms with E-state index in [1.807, 2.05) is 6.20 Å². The maximum absolute atomic E-state index is 4.74. The summed E-state index contributed by atoms with van der Waals surface area (Å²) in [6, 6.07) is 5.03. The van der Waals surface area contributed by atoms with E-state index in [0.717, 1.165) is 12.5 Å². The highest BCUT2D eigenvalue weighted by atomic mass is 14.9.